The molecule has 0 bridgehead atoms. The molecule has 1 amide bonds. The van der Waals surface area contributed by atoms with E-state index in [9.17, 15) is 9.59 Å². The number of carboxylic acid groups (broad SMARTS) is 1. The number of carbonyl (C=O) groups excluding carboxylic acids is 1. The minimum atomic E-state index is -0.862. The maximum absolute atomic E-state index is 12.4. The summed E-state index contributed by atoms with van der Waals surface area (Å²) in [6.45, 7) is 4.15. The van der Waals surface area contributed by atoms with Crippen LogP contribution < -0.4 is 5.73 Å². The normalized spacial score (nSPS) is 24.0. The Morgan fingerprint density at radius 3 is 2.28 bits per heavy atom. The summed E-state index contributed by atoms with van der Waals surface area (Å²) in [4.78, 5) is 24.7. The van der Waals surface area contributed by atoms with Gasteiger partial charge < -0.3 is 15.7 Å². The Hall–Kier alpha value is -1.10. The molecular formula is C13H24N2O3. The second-order valence-corrected chi connectivity index (χ2v) is 5.38. The first-order valence-electron chi connectivity index (χ1n) is 6.69. The van der Waals surface area contributed by atoms with Gasteiger partial charge in [-0.25, -0.2) is 0 Å². The Bertz CT molecular complexity index is 297. The molecule has 0 unspecified atom stereocenters. The van der Waals surface area contributed by atoms with Crippen molar-refractivity contribution in [2.45, 2.75) is 58.0 Å². The van der Waals surface area contributed by atoms with Gasteiger partial charge in [-0.2, -0.15) is 0 Å². The van der Waals surface area contributed by atoms with Gasteiger partial charge in [-0.15, -0.1) is 0 Å². The van der Waals surface area contributed by atoms with Crippen molar-refractivity contribution in [1.82, 2.24) is 4.90 Å². The highest BCUT2D eigenvalue weighted by atomic mass is 16.4. The maximum atomic E-state index is 12.4. The van der Waals surface area contributed by atoms with E-state index < -0.39 is 5.97 Å². The molecule has 1 fully saturated rings. The Kier molecular flexibility index (Phi) is 5.59. The molecule has 0 aromatic rings. The first kappa shape index (κ1) is 15.0. The van der Waals surface area contributed by atoms with Crippen molar-refractivity contribution in [3.8, 4) is 0 Å². The third-order valence-electron chi connectivity index (χ3n) is 3.59. The smallest absolute Gasteiger partial charge is 0.305 e. The molecule has 0 radical (unpaired) electrons. The molecule has 0 aromatic carbocycles. The SMILES string of the molecule is CC(C)N(CCC(=O)O)C(=O)C1CCC(N)CC1. The number of carboxylic acids is 1. The first-order valence-corrected chi connectivity index (χ1v) is 6.69. The summed E-state index contributed by atoms with van der Waals surface area (Å²) >= 11 is 0. The predicted octanol–water partition coefficient (Wildman–Crippen LogP) is 1.22. The molecule has 1 aliphatic rings. The van der Waals surface area contributed by atoms with E-state index in [2.05, 4.69) is 0 Å². The lowest BCUT2D eigenvalue weighted by Crippen LogP contribution is -2.44. The highest BCUT2D eigenvalue weighted by Crippen LogP contribution is 2.25. The fraction of sp³-hybridized carbons (Fsp3) is 0.846. The van der Waals surface area contributed by atoms with Gasteiger partial charge in [0.1, 0.15) is 0 Å². The maximum Gasteiger partial charge on any atom is 0.305 e. The molecule has 5 heteroatoms. The minimum absolute atomic E-state index is 0.0101. The number of hydrogen-bond donors (Lipinski definition) is 2. The van der Waals surface area contributed by atoms with Gasteiger partial charge >= 0.3 is 5.97 Å². The summed E-state index contributed by atoms with van der Waals surface area (Å²) in [7, 11) is 0. The van der Waals surface area contributed by atoms with Crippen molar-refractivity contribution < 1.29 is 14.7 Å². The molecule has 1 aliphatic carbocycles. The van der Waals surface area contributed by atoms with Gasteiger partial charge in [-0.1, -0.05) is 0 Å². The summed E-state index contributed by atoms with van der Waals surface area (Å²) < 4.78 is 0. The summed E-state index contributed by atoms with van der Waals surface area (Å²) in [6, 6.07) is 0.271. The van der Waals surface area contributed by atoms with E-state index in [-0.39, 0.29) is 30.3 Å². The van der Waals surface area contributed by atoms with Crippen molar-refractivity contribution in [3.63, 3.8) is 0 Å². The van der Waals surface area contributed by atoms with Gasteiger partial charge in [-0.05, 0) is 39.5 Å². The van der Waals surface area contributed by atoms with Crippen molar-refractivity contribution in [2.24, 2.45) is 11.7 Å². The summed E-state index contributed by atoms with van der Waals surface area (Å²) in [6.07, 6.45) is 3.45. The van der Waals surface area contributed by atoms with Crippen LogP contribution in [0.3, 0.4) is 0 Å². The number of carbonyl (C=O) groups is 2. The Balaban J connectivity index is 2.56. The molecule has 3 N–H and O–H groups in total. The molecule has 0 aromatic heterocycles. The lowest BCUT2D eigenvalue weighted by molar-refractivity contribution is -0.141. The second-order valence-electron chi connectivity index (χ2n) is 5.38. The molecule has 0 spiro atoms. The highest BCUT2D eigenvalue weighted by Gasteiger charge is 2.29. The van der Waals surface area contributed by atoms with Crippen LogP contribution in [0.15, 0.2) is 0 Å². The van der Waals surface area contributed by atoms with Crippen LogP contribution >= 0.6 is 0 Å². The molecule has 104 valence electrons. The van der Waals surface area contributed by atoms with Crippen LogP contribution in [0.5, 0.6) is 0 Å². The van der Waals surface area contributed by atoms with Gasteiger partial charge in [0.2, 0.25) is 5.91 Å². The topological polar surface area (TPSA) is 83.6 Å². The minimum Gasteiger partial charge on any atom is -0.481 e. The molecule has 5 nitrogen and oxygen atoms in total. The summed E-state index contributed by atoms with van der Waals surface area (Å²) in [5.41, 5.74) is 5.83. The molecule has 18 heavy (non-hydrogen) atoms. The summed E-state index contributed by atoms with van der Waals surface area (Å²) in [5.74, 6) is -0.738. The van der Waals surface area contributed by atoms with E-state index in [4.69, 9.17) is 10.8 Å². The first-order chi connectivity index (χ1) is 8.41. The zero-order chi connectivity index (χ0) is 13.7. The average molecular weight is 256 g/mol. The van der Waals surface area contributed by atoms with Crippen molar-refractivity contribution >= 4 is 11.9 Å². The fourth-order valence-corrected chi connectivity index (χ4v) is 2.44. The predicted molar refractivity (Wildman–Crippen MR) is 69.0 cm³/mol. The van der Waals surface area contributed by atoms with Crippen LogP contribution in [0.1, 0.15) is 46.0 Å². The van der Waals surface area contributed by atoms with Gasteiger partial charge in [0, 0.05) is 24.5 Å². The van der Waals surface area contributed by atoms with E-state index in [0.29, 0.717) is 6.54 Å². The monoisotopic (exact) mass is 256 g/mol. The van der Waals surface area contributed by atoms with Crippen LogP contribution in [-0.2, 0) is 9.59 Å². The Labute approximate surface area is 108 Å². The number of aliphatic carboxylic acids is 1. The van der Waals surface area contributed by atoms with Gasteiger partial charge in [0.15, 0.2) is 0 Å². The van der Waals surface area contributed by atoms with Crippen LogP contribution in [0, 0.1) is 5.92 Å². The number of nitrogens with two attached hydrogens (primary N) is 1. The number of rotatable bonds is 5. The second kappa shape index (κ2) is 6.73. The number of amides is 1. The van der Waals surface area contributed by atoms with Crippen molar-refractivity contribution in [3.05, 3.63) is 0 Å². The van der Waals surface area contributed by atoms with E-state index in [1.807, 2.05) is 13.8 Å². The molecule has 0 heterocycles. The Morgan fingerprint density at radius 2 is 1.83 bits per heavy atom. The van der Waals surface area contributed by atoms with Crippen LogP contribution in [-0.4, -0.2) is 40.5 Å². The molecule has 0 aliphatic heterocycles. The zero-order valence-corrected chi connectivity index (χ0v) is 11.3. The molecular weight excluding hydrogens is 232 g/mol. The lowest BCUT2D eigenvalue weighted by Gasteiger charge is -2.33. The fourth-order valence-electron chi connectivity index (χ4n) is 2.44. The van der Waals surface area contributed by atoms with Crippen molar-refractivity contribution in [1.29, 1.82) is 0 Å². The standard InChI is InChI=1S/C13H24N2O3/c1-9(2)15(8-7-12(16)17)13(18)10-3-5-11(14)6-4-10/h9-11H,3-8,14H2,1-2H3,(H,16,17). The van der Waals surface area contributed by atoms with Crippen molar-refractivity contribution in [2.75, 3.05) is 6.54 Å². The zero-order valence-electron chi connectivity index (χ0n) is 11.3. The van der Waals surface area contributed by atoms with E-state index in [1.165, 1.54) is 0 Å². The third-order valence-corrected chi connectivity index (χ3v) is 3.59. The van der Waals surface area contributed by atoms with E-state index in [1.54, 1.807) is 4.90 Å². The largest absolute Gasteiger partial charge is 0.481 e. The number of hydrogen-bond acceptors (Lipinski definition) is 3. The molecule has 0 atom stereocenters. The van der Waals surface area contributed by atoms with Gasteiger partial charge in [0.05, 0.1) is 6.42 Å². The Morgan fingerprint density at radius 1 is 1.28 bits per heavy atom. The average Bonchev–Trinajstić information content (AvgIpc) is 2.29. The third kappa shape index (κ3) is 4.29. The van der Waals surface area contributed by atoms with Crippen LogP contribution in [0.2, 0.25) is 0 Å². The summed E-state index contributed by atoms with van der Waals surface area (Å²) in [5, 5.41) is 8.72. The van der Waals surface area contributed by atoms with E-state index >= 15 is 0 Å². The van der Waals surface area contributed by atoms with Crippen LogP contribution in [0.25, 0.3) is 0 Å². The molecule has 1 rings (SSSR count). The highest BCUT2D eigenvalue weighted by molar-refractivity contribution is 5.79. The van der Waals surface area contributed by atoms with E-state index in [0.717, 1.165) is 25.7 Å². The van der Waals surface area contributed by atoms with Gasteiger partial charge in [0.25, 0.3) is 0 Å². The van der Waals surface area contributed by atoms with Gasteiger partial charge in [-0.3, -0.25) is 9.59 Å². The number of nitrogens with zero attached hydrogens (tertiary/aromatic N) is 1. The molecule has 0 saturated heterocycles. The quantitative estimate of drug-likeness (QED) is 0.774. The molecule has 1 saturated carbocycles. The van der Waals surface area contributed by atoms with Crippen LogP contribution in [0.4, 0.5) is 0 Å². The lowest BCUT2D eigenvalue weighted by atomic mass is 9.85.